The van der Waals surface area contributed by atoms with Gasteiger partial charge in [0.2, 0.25) is 11.8 Å². The average molecular weight is 914 g/mol. The molecule has 0 aliphatic rings. The minimum absolute atomic E-state index is 0.0335. The molecule has 0 spiro atoms. The first kappa shape index (κ1) is 57.3. The molecular weight excluding hydrogens is 842 g/mol. The Morgan fingerprint density at radius 2 is 1.03 bits per heavy atom. The van der Waals surface area contributed by atoms with Crippen molar-refractivity contribution in [3.05, 3.63) is 35.9 Å². The van der Waals surface area contributed by atoms with Crippen molar-refractivity contribution in [2.45, 2.75) is 90.6 Å². The Labute approximate surface area is 375 Å². The van der Waals surface area contributed by atoms with Crippen LogP contribution < -0.4 is 10.6 Å². The molecule has 0 unspecified atom stereocenters. The van der Waals surface area contributed by atoms with E-state index in [4.69, 9.17) is 48.5 Å². The van der Waals surface area contributed by atoms with Crippen molar-refractivity contribution in [2.75, 3.05) is 105 Å². The maximum atomic E-state index is 13.6. The zero-order valence-corrected chi connectivity index (χ0v) is 37.4. The number of nitrogens with one attached hydrogen (secondary N) is 2. The topological polar surface area (TPSA) is 272 Å². The second kappa shape index (κ2) is 37.6. The van der Waals surface area contributed by atoms with E-state index in [9.17, 15) is 33.6 Å². The third-order valence-electron chi connectivity index (χ3n) is 9.21. The summed E-state index contributed by atoms with van der Waals surface area (Å²) in [6, 6.07) is 9.22. The second-order valence-electron chi connectivity index (χ2n) is 15.0. The number of hydrogen-bond acceptors (Lipinski definition) is 14. The molecule has 0 atom stereocenters. The summed E-state index contributed by atoms with van der Waals surface area (Å²) in [6.45, 7) is 4.50. The molecule has 1 rings (SSSR count). The number of nitrogens with zero attached hydrogens (tertiary/aromatic N) is 1. The zero-order chi connectivity index (χ0) is 47.1. The maximum Gasteiger partial charge on any atom is 0.407 e. The summed E-state index contributed by atoms with van der Waals surface area (Å²) in [7, 11) is 0. The smallest absolute Gasteiger partial charge is 0.407 e. The summed E-state index contributed by atoms with van der Waals surface area (Å²) in [5.41, 5.74) is -0.155. The van der Waals surface area contributed by atoms with Gasteiger partial charge in [-0.15, -0.1) is 0 Å². The zero-order valence-electron chi connectivity index (χ0n) is 37.4. The first-order valence-electron chi connectivity index (χ1n) is 22.0. The van der Waals surface area contributed by atoms with Gasteiger partial charge in [0, 0.05) is 96.9 Å². The molecule has 20 nitrogen and oxygen atoms in total. The number of carbonyl (C=O) groups is 7. The molecule has 0 aliphatic heterocycles. The molecule has 0 aliphatic carbocycles. The fourth-order valence-electron chi connectivity index (χ4n) is 5.81. The number of carboxylic acid groups (broad SMARTS) is 3. The molecule has 1 aromatic carbocycles. The number of alkyl carbamates (subject to hydrolysis) is 1. The third-order valence-corrected chi connectivity index (χ3v) is 9.21. The number of carbonyl (C=O) groups excluding carboxylic acids is 4. The minimum atomic E-state index is -0.993. The molecule has 0 heterocycles. The molecule has 0 saturated carbocycles. The largest absolute Gasteiger partial charge is 0.481 e. The predicted octanol–water partition coefficient (Wildman–Crippen LogP) is 3.47. The molecule has 0 aromatic heterocycles. The molecule has 364 valence electrons. The maximum absolute atomic E-state index is 13.6. The summed E-state index contributed by atoms with van der Waals surface area (Å²) in [5, 5.41) is 31.9. The summed E-state index contributed by atoms with van der Waals surface area (Å²) < 4.78 is 39.3. The minimum Gasteiger partial charge on any atom is -0.481 e. The van der Waals surface area contributed by atoms with Crippen LogP contribution in [0.5, 0.6) is 0 Å². The molecule has 3 amide bonds. The number of Topliss-reactive ketones (excluding diaryl/α,β-unsaturated/α-hetero) is 1. The number of ether oxygens (including phenoxy) is 7. The Kier molecular flexibility index (Phi) is 33.7. The predicted molar refractivity (Wildman–Crippen MR) is 231 cm³/mol. The van der Waals surface area contributed by atoms with Crippen LogP contribution in [0.15, 0.2) is 30.3 Å². The van der Waals surface area contributed by atoms with Gasteiger partial charge in [-0.1, -0.05) is 43.7 Å². The SMILES string of the molecule is CCCCC(=O)N(CCNC(=O)CCC(=O)CC(COCCCOCCC(=O)O)(COCCCOCCC(=O)O)COCCCOCCC(=O)O)CCNC(=O)OCc1ccccc1. The fraction of sp³-hybridized carbons (Fsp3) is 0.705. The van der Waals surface area contributed by atoms with Gasteiger partial charge in [0.25, 0.3) is 0 Å². The molecule has 64 heavy (non-hydrogen) atoms. The number of unbranched alkanes of at least 4 members (excludes halogenated alkanes) is 1. The molecule has 0 saturated heterocycles. The van der Waals surface area contributed by atoms with Gasteiger partial charge < -0.3 is 64.0 Å². The summed E-state index contributed by atoms with van der Waals surface area (Å²) >= 11 is 0. The standard InChI is InChI=1S/C44H71N3O17/c1-2-3-12-39(50)47(21-19-46-43(57)64-32-36-10-5-4-6-11-36)20-18-45-38(49)14-13-37(48)31-44(33-61-25-7-22-58-28-15-40(51)52,34-62-26-8-23-59-29-16-41(53)54)35-63-27-9-24-60-30-17-42(55)56/h4-6,10-11H,2-3,7-9,12-35H2,1H3,(H,45,49)(H,46,57)(H,51,52)(H,53,54)(H,55,56). The Hall–Kier alpha value is -4.73. The van der Waals surface area contributed by atoms with Gasteiger partial charge in [-0.25, -0.2) is 4.79 Å². The number of aliphatic carboxylic acids is 3. The summed E-state index contributed by atoms with van der Waals surface area (Å²) in [4.78, 5) is 85.6. The molecular formula is C44H71N3O17. The lowest BCUT2D eigenvalue weighted by atomic mass is 9.84. The molecule has 5 N–H and O–H groups in total. The molecule has 0 bridgehead atoms. The van der Waals surface area contributed by atoms with E-state index in [1.54, 1.807) is 4.90 Å². The Morgan fingerprint density at radius 3 is 1.50 bits per heavy atom. The van der Waals surface area contributed by atoms with Crippen molar-refractivity contribution in [3.8, 4) is 0 Å². The first-order chi connectivity index (χ1) is 30.9. The van der Waals surface area contributed by atoms with Crippen molar-refractivity contribution in [1.29, 1.82) is 0 Å². The van der Waals surface area contributed by atoms with E-state index in [0.29, 0.717) is 32.1 Å². The van der Waals surface area contributed by atoms with Gasteiger partial charge in [0.1, 0.15) is 12.4 Å². The van der Waals surface area contributed by atoms with Crippen LogP contribution in [0.2, 0.25) is 0 Å². The lowest BCUT2D eigenvalue weighted by molar-refractivity contribution is -0.139. The number of benzene rings is 1. The average Bonchev–Trinajstić information content (AvgIpc) is 3.26. The highest BCUT2D eigenvalue weighted by molar-refractivity contribution is 5.85. The quantitative estimate of drug-likeness (QED) is 0.0587. The summed E-state index contributed by atoms with van der Waals surface area (Å²) in [6.07, 6.45) is 1.89. The van der Waals surface area contributed by atoms with E-state index in [0.717, 1.165) is 12.0 Å². The van der Waals surface area contributed by atoms with Crippen LogP contribution >= 0.6 is 0 Å². The van der Waals surface area contributed by atoms with Crippen molar-refractivity contribution >= 4 is 41.6 Å². The van der Waals surface area contributed by atoms with Gasteiger partial charge in [-0.2, -0.15) is 0 Å². The highest BCUT2D eigenvalue weighted by Gasteiger charge is 2.34. The van der Waals surface area contributed by atoms with Crippen LogP contribution in [0.25, 0.3) is 0 Å². The van der Waals surface area contributed by atoms with E-state index < -0.39 is 29.4 Å². The van der Waals surface area contributed by atoms with Gasteiger partial charge in [-0.05, 0) is 31.2 Å². The molecule has 1 aromatic rings. The van der Waals surface area contributed by atoms with Crippen LogP contribution in [0.3, 0.4) is 0 Å². The number of rotatable bonds is 43. The first-order valence-corrected chi connectivity index (χ1v) is 22.0. The van der Waals surface area contributed by atoms with E-state index >= 15 is 0 Å². The van der Waals surface area contributed by atoms with Crippen molar-refractivity contribution in [3.63, 3.8) is 0 Å². The van der Waals surface area contributed by atoms with Gasteiger partial charge in [0.15, 0.2) is 0 Å². The highest BCUT2D eigenvalue weighted by atomic mass is 16.5. The van der Waals surface area contributed by atoms with Gasteiger partial charge >= 0.3 is 24.0 Å². The van der Waals surface area contributed by atoms with Crippen molar-refractivity contribution < 1.29 is 82.0 Å². The number of hydrogen-bond donors (Lipinski definition) is 5. The number of ketones is 1. The van der Waals surface area contributed by atoms with Crippen LogP contribution in [0, 0.1) is 5.41 Å². The van der Waals surface area contributed by atoms with Crippen LogP contribution in [-0.2, 0) is 68.5 Å². The van der Waals surface area contributed by atoms with Crippen LogP contribution in [0.4, 0.5) is 4.79 Å². The van der Waals surface area contributed by atoms with E-state index in [1.807, 2.05) is 37.3 Å². The van der Waals surface area contributed by atoms with Crippen molar-refractivity contribution in [2.24, 2.45) is 5.41 Å². The molecule has 20 heteroatoms. The fourth-order valence-corrected chi connectivity index (χ4v) is 5.81. The summed E-state index contributed by atoms with van der Waals surface area (Å²) in [5.74, 6) is -3.66. The third kappa shape index (κ3) is 32.9. The number of carboxylic acids is 3. The second-order valence-corrected chi connectivity index (χ2v) is 15.0. The molecule has 0 fully saturated rings. The van der Waals surface area contributed by atoms with Crippen LogP contribution in [0.1, 0.15) is 89.5 Å². The molecule has 0 radical (unpaired) electrons. The normalized spacial score (nSPS) is 11.2. The highest BCUT2D eigenvalue weighted by Crippen LogP contribution is 2.27. The Bertz CT molecular complexity index is 1390. The number of amides is 3. The van der Waals surface area contributed by atoms with E-state index in [-0.39, 0.29) is 168 Å². The monoisotopic (exact) mass is 913 g/mol. The van der Waals surface area contributed by atoms with Crippen molar-refractivity contribution in [1.82, 2.24) is 15.5 Å². The lowest BCUT2D eigenvalue weighted by Gasteiger charge is -2.33. The van der Waals surface area contributed by atoms with Crippen LogP contribution in [-0.4, -0.2) is 167 Å². The van der Waals surface area contributed by atoms with Gasteiger partial charge in [-0.3, -0.25) is 28.8 Å². The Balaban J connectivity index is 2.85. The Morgan fingerprint density at radius 1 is 0.562 bits per heavy atom. The van der Waals surface area contributed by atoms with E-state index in [1.165, 1.54) is 0 Å². The lowest BCUT2D eigenvalue weighted by Crippen LogP contribution is -2.43. The van der Waals surface area contributed by atoms with Gasteiger partial charge in [0.05, 0.1) is 58.9 Å². The van der Waals surface area contributed by atoms with E-state index in [2.05, 4.69) is 10.6 Å².